The first-order chi connectivity index (χ1) is 11.1. The Morgan fingerprint density at radius 3 is 2.75 bits per heavy atom. The molecular formula is C13H18F3N3O4S. The average molecular weight is 369 g/mol. The van der Waals surface area contributed by atoms with Gasteiger partial charge in [0.15, 0.2) is 9.84 Å². The Morgan fingerprint density at radius 1 is 1.46 bits per heavy atom. The summed E-state index contributed by atoms with van der Waals surface area (Å²) in [4.78, 5) is 13.4. The van der Waals surface area contributed by atoms with Crippen molar-refractivity contribution in [2.75, 3.05) is 31.3 Å². The summed E-state index contributed by atoms with van der Waals surface area (Å²) >= 11 is 0. The Kier molecular flexibility index (Phi) is 5.53. The molecule has 2 heterocycles. The van der Waals surface area contributed by atoms with E-state index in [4.69, 9.17) is 0 Å². The fraction of sp³-hybridized carbons (Fsp3) is 0.692. The highest BCUT2D eigenvalue weighted by Gasteiger charge is 2.36. The molecule has 1 aromatic heterocycles. The normalized spacial score (nSPS) is 21.0. The number of carbonyl (C=O) groups excluding carboxylic acids is 1. The van der Waals surface area contributed by atoms with Crippen LogP contribution in [0.4, 0.5) is 13.2 Å². The molecule has 24 heavy (non-hydrogen) atoms. The van der Waals surface area contributed by atoms with Crippen LogP contribution in [0.15, 0.2) is 12.4 Å². The van der Waals surface area contributed by atoms with Gasteiger partial charge >= 0.3 is 6.18 Å². The van der Waals surface area contributed by atoms with Gasteiger partial charge in [0.1, 0.15) is 13.2 Å². The first-order valence-corrected chi connectivity index (χ1v) is 9.10. The van der Waals surface area contributed by atoms with Gasteiger partial charge in [-0.2, -0.15) is 18.3 Å². The summed E-state index contributed by atoms with van der Waals surface area (Å²) in [7, 11) is -3.34. The van der Waals surface area contributed by atoms with Gasteiger partial charge < -0.3 is 9.64 Å². The Bertz CT molecular complexity index is 687. The predicted molar refractivity (Wildman–Crippen MR) is 77.9 cm³/mol. The topological polar surface area (TPSA) is 81.5 Å². The molecule has 1 amide bonds. The van der Waals surface area contributed by atoms with Crippen LogP contribution in [0.25, 0.3) is 0 Å². The summed E-state index contributed by atoms with van der Waals surface area (Å²) in [5, 5.41) is 4.05. The van der Waals surface area contributed by atoms with Gasteiger partial charge in [-0.25, -0.2) is 8.42 Å². The van der Waals surface area contributed by atoms with Crippen molar-refractivity contribution in [3.05, 3.63) is 18.0 Å². The largest absolute Gasteiger partial charge is 0.411 e. The second kappa shape index (κ2) is 7.09. The first-order valence-electron chi connectivity index (χ1n) is 7.28. The number of halogens is 3. The molecule has 1 atom stereocenters. The van der Waals surface area contributed by atoms with Crippen molar-refractivity contribution >= 4 is 15.7 Å². The summed E-state index contributed by atoms with van der Waals surface area (Å²) in [5.41, 5.74) is 0.532. The Labute approximate surface area is 137 Å². The minimum absolute atomic E-state index is 0.0848. The van der Waals surface area contributed by atoms with Crippen LogP contribution >= 0.6 is 0 Å². The van der Waals surface area contributed by atoms with Gasteiger partial charge in [0.25, 0.3) is 0 Å². The predicted octanol–water partition coefficient (Wildman–Crippen LogP) is 0.780. The summed E-state index contributed by atoms with van der Waals surface area (Å²) in [6.07, 6.45) is -1.43. The van der Waals surface area contributed by atoms with Crippen LogP contribution in [-0.2, 0) is 25.9 Å². The number of amides is 1. The second-order valence-electron chi connectivity index (χ2n) is 5.45. The highest BCUT2D eigenvalue weighted by molar-refractivity contribution is 7.91. The van der Waals surface area contributed by atoms with Gasteiger partial charge in [0, 0.05) is 24.8 Å². The zero-order chi connectivity index (χ0) is 18.0. The second-order valence-corrected chi connectivity index (χ2v) is 7.68. The van der Waals surface area contributed by atoms with Gasteiger partial charge in [0.2, 0.25) is 5.91 Å². The molecule has 0 spiro atoms. The van der Waals surface area contributed by atoms with Crippen molar-refractivity contribution in [3.8, 4) is 0 Å². The van der Waals surface area contributed by atoms with Gasteiger partial charge in [-0.05, 0) is 6.92 Å². The van der Waals surface area contributed by atoms with E-state index < -0.39 is 41.2 Å². The molecule has 2 rings (SSSR count). The lowest BCUT2D eigenvalue weighted by atomic mass is 10.1. The fourth-order valence-electron chi connectivity index (χ4n) is 2.44. The van der Waals surface area contributed by atoms with Gasteiger partial charge in [-0.15, -0.1) is 0 Å². The van der Waals surface area contributed by atoms with E-state index in [-0.39, 0.29) is 18.1 Å². The van der Waals surface area contributed by atoms with E-state index in [9.17, 15) is 26.4 Å². The molecule has 1 aliphatic rings. The number of sulfone groups is 1. The van der Waals surface area contributed by atoms with Crippen molar-refractivity contribution in [3.63, 3.8) is 0 Å². The molecule has 1 fully saturated rings. The van der Waals surface area contributed by atoms with Gasteiger partial charge in [-0.1, -0.05) is 0 Å². The Hall–Kier alpha value is -1.62. The SMILES string of the molecule is CCn1cc([C@H]2CS(=O)(=O)CCN2C(=O)COCC(F)(F)F)cn1. The van der Waals surface area contributed by atoms with Crippen LogP contribution in [-0.4, -0.2) is 66.4 Å². The number of hydrogen-bond acceptors (Lipinski definition) is 5. The molecule has 0 aromatic carbocycles. The zero-order valence-electron chi connectivity index (χ0n) is 13.0. The molecule has 7 nitrogen and oxygen atoms in total. The number of alkyl halides is 3. The van der Waals surface area contributed by atoms with Crippen LogP contribution in [0.2, 0.25) is 0 Å². The van der Waals surface area contributed by atoms with Crippen molar-refractivity contribution in [2.45, 2.75) is 25.7 Å². The standard InChI is InChI=1S/C13H18F3N3O4S/c1-2-18-6-10(5-17-18)11-8-24(21,22)4-3-19(11)12(20)7-23-9-13(14,15)16/h5-6,11H,2-4,7-9H2,1H3/t11-/m1/s1. The Morgan fingerprint density at radius 2 is 2.17 bits per heavy atom. The van der Waals surface area contributed by atoms with Crippen molar-refractivity contribution in [2.24, 2.45) is 0 Å². The fourth-order valence-corrected chi connectivity index (χ4v) is 3.94. The number of carbonyl (C=O) groups is 1. The minimum Gasteiger partial charge on any atom is -0.362 e. The van der Waals surface area contributed by atoms with E-state index in [0.29, 0.717) is 12.1 Å². The maximum Gasteiger partial charge on any atom is 0.411 e. The summed E-state index contributed by atoms with van der Waals surface area (Å²) in [6, 6.07) is -0.772. The van der Waals surface area contributed by atoms with E-state index >= 15 is 0 Å². The van der Waals surface area contributed by atoms with E-state index in [1.54, 1.807) is 10.9 Å². The molecule has 0 bridgehead atoms. The molecule has 1 aliphatic heterocycles. The number of nitrogens with zero attached hydrogens (tertiary/aromatic N) is 3. The maximum atomic E-state index is 12.2. The number of ether oxygens (including phenoxy) is 1. The summed E-state index contributed by atoms with van der Waals surface area (Å²) in [6.45, 7) is 0.0597. The summed E-state index contributed by atoms with van der Waals surface area (Å²) in [5.74, 6) is -1.19. The molecule has 11 heteroatoms. The molecule has 0 unspecified atom stereocenters. The highest BCUT2D eigenvalue weighted by Crippen LogP contribution is 2.27. The minimum atomic E-state index is -4.52. The molecular weight excluding hydrogens is 351 g/mol. The maximum absolute atomic E-state index is 12.2. The lowest BCUT2D eigenvalue weighted by Gasteiger charge is -2.35. The van der Waals surface area contributed by atoms with Crippen LogP contribution in [0.1, 0.15) is 18.5 Å². The van der Waals surface area contributed by atoms with Gasteiger partial charge in [-0.3, -0.25) is 9.48 Å². The molecule has 1 aromatic rings. The molecule has 0 N–H and O–H groups in total. The average Bonchev–Trinajstić information content (AvgIpc) is 2.93. The Balaban J connectivity index is 2.11. The molecule has 0 aliphatic carbocycles. The van der Waals surface area contributed by atoms with Crippen molar-refractivity contribution in [1.29, 1.82) is 0 Å². The van der Waals surface area contributed by atoms with Crippen LogP contribution in [0.3, 0.4) is 0 Å². The van der Waals surface area contributed by atoms with Crippen molar-refractivity contribution in [1.82, 2.24) is 14.7 Å². The van der Waals surface area contributed by atoms with E-state index in [2.05, 4.69) is 9.84 Å². The molecule has 136 valence electrons. The third-order valence-electron chi connectivity index (χ3n) is 3.60. The zero-order valence-corrected chi connectivity index (χ0v) is 13.8. The lowest BCUT2D eigenvalue weighted by molar-refractivity contribution is -0.178. The third kappa shape index (κ3) is 4.94. The highest BCUT2D eigenvalue weighted by atomic mass is 32.2. The monoisotopic (exact) mass is 369 g/mol. The van der Waals surface area contributed by atoms with E-state index in [1.165, 1.54) is 11.1 Å². The summed E-state index contributed by atoms with van der Waals surface area (Å²) < 4.78 is 66.0. The smallest absolute Gasteiger partial charge is 0.362 e. The quantitative estimate of drug-likeness (QED) is 0.766. The number of hydrogen-bond donors (Lipinski definition) is 0. The number of rotatable bonds is 5. The molecule has 1 saturated heterocycles. The van der Waals surface area contributed by atoms with E-state index in [1.807, 2.05) is 6.92 Å². The van der Waals surface area contributed by atoms with Crippen molar-refractivity contribution < 1.29 is 31.1 Å². The molecule has 0 radical (unpaired) electrons. The van der Waals surface area contributed by atoms with E-state index in [0.717, 1.165) is 0 Å². The number of aromatic nitrogens is 2. The van der Waals surface area contributed by atoms with Crippen LogP contribution in [0, 0.1) is 0 Å². The van der Waals surface area contributed by atoms with Crippen LogP contribution in [0.5, 0.6) is 0 Å². The third-order valence-corrected chi connectivity index (χ3v) is 5.23. The lowest BCUT2D eigenvalue weighted by Crippen LogP contribution is -2.47. The molecule has 0 saturated carbocycles. The van der Waals surface area contributed by atoms with Crippen LogP contribution < -0.4 is 0 Å². The van der Waals surface area contributed by atoms with Gasteiger partial charge in [0.05, 0.1) is 23.7 Å². The first kappa shape index (κ1) is 18.7. The number of aryl methyl sites for hydroxylation is 1.